The molecule has 17 heavy (non-hydrogen) atoms. The highest BCUT2D eigenvalue weighted by Crippen LogP contribution is 2.43. The maximum atomic E-state index is 12.8. The van der Waals surface area contributed by atoms with Crippen molar-refractivity contribution in [2.75, 3.05) is 0 Å². The Morgan fingerprint density at radius 2 is 2.00 bits per heavy atom. The van der Waals surface area contributed by atoms with Crippen molar-refractivity contribution in [3.05, 3.63) is 35.9 Å². The molecule has 2 aromatic heterocycles. The summed E-state index contributed by atoms with van der Waals surface area (Å²) < 4.78 is 39.6. The van der Waals surface area contributed by atoms with Crippen LogP contribution in [0.15, 0.2) is 24.4 Å². The Morgan fingerprint density at radius 1 is 1.29 bits per heavy atom. The van der Waals surface area contributed by atoms with Crippen LogP contribution in [0.4, 0.5) is 13.2 Å². The molecule has 3 rings (SSSR count). The standard InChI is InChI=1S/C11H10F3N3/c12-11(13,14)9-16-6-7-2-1-3-8(17(7)9)10(15)4-5-10/h1-3,6H,4-5,15H2. The van der Waals surface area contributed by atoms with Crippen LogP contribution >= 0.6 is 0 Å². The van der Waals surface area contributed by atoms with E-state index in [1.807, 2.05) is 0 Å². The summed E-state index contributed by atoms with van der Waals surface area (Å²) in [6.45, 7) is 0. The first-order valence-electron chi connectivity index (χ1n) is 5.25. The minimum atomic E-state index is -4.46. The van der Waals surface area contributed by atoms with Crippen LogP contribution in [0.2, 0.25) is 0 Å². The van der Waals surface area contributed by atoms with Gasteiger partial charge in [-0.25, -0.2) is 4.98 Å². The van der Waals surface area contributed by atoms with Gasteiger partial charge in [0.15, 0.2) is 0 Å². The summed E-state index contributed by atoms with van der Waals surface area (Å²) in [5, 5.41) is 0. The SMILES string of the molecule is NC1(c2cccc3cnc(C(F)(F)F)n23)CC1. The molecule has 1 fully saturated rings. The predicted octanol–water partition coefficient (Wildman–Crippen LogP) is 2.30. The molecule has 0 amide bonds. The Bertz CT molecular complexity index is 581. The summed E-state index contributed by atoms with van der Waals surface area (Å²) in [7, 11) is 0. The third kappa shape index (κ3) is 1.51. The Balaban J connectivity index is 2.32. The number of hydrogen-bond donors (Lipinski definition) is 1. The molecule has 0 spiro atoms. The normalized spacial score (nSPS) is 18.6. The number of rotatable bonds is 1. The molecule has 2 aromatic rings. The first-order valence-corrected chi connectivity index (χ1v) is 5.25. The van der Waals surface area contributed by atoms with Gasteiger partial charge in [0.05, 0.1) is 17.3 Å². The van der Waals surface area contributed by atoms with Gasteiger partial charge in [0.25, 0.3) is 0 Å². The molecule has 2 N–H and O–H groups in total. The molecule has 3 nitrogen and oxygen atoms in total. The zero-order valence-electron chi connectivity index (χ0n) is 8.83. The van der Waals surface area contributed by atoms with Gasteiger partial charge in [0.1, 0.15) is 0 Å². The molecule has 0 radical (unpaired) electrons. The Morgan fingerprint density at radius 3 is 2.59 bits per heavy atom. The van der Waals surface area contributed by atoms with Gasteiger partial charge in [-0.15, -0.1) is 0 Å². The third-order valence-electron chi connectivity index (χ3n) is 3.10. The van der Waals surface area contributed by atoms with Crippen LogP contribution in [0.1, 0.15) is 24.4 Å². The van der Waals surface area contributed by atoms with E-state index in [-0.39, 0.29) is 0 Å². The lowest BCUT2D eigenvalue weighted by atomic mass is 10.1. The number of hydrogen-bond acceptors (Lipinski definition) is 2. The summed E-state index contributed by atoms with van der Waals surface area (Å²) in [5.74, 6) is -0.903. The second-order valence-corrected chi connectivity index (χ2v) is 4.41. The molecule has 0 saturated heterocycles. The van der Waals surface area contributed by atoms with Crippen molar-refractivity contribution in [3.63, 3.8) is 0 Å². The van der Waals surface area contributed by atoms with Gasteiger partial charge in [-0.05, 0) is 25.0 Å². The average Bonchev–Trinajstić information content (AvgIpc) is 2.84. The summed E-state index contributed by atoms with van der Waals surface area (Å²) in [4.78, 5) is 3.45. The van der Waals surface area contributed by atoms with Crippen LogP contribution in [-0.4, -0.2) is 9.38 Å². The number of nitrogens with zero attached hydrogens (tertiary/aromatic N) is 2. The molecule has 1 saturated carbocycles. The highest BCUT2D eigenvalue weighted by Gasteiger charge is 2.44. The number of pyridine rings is 1. The zero-order valence-corrected chi connectivity index (χ0v) is 8.83. The quantitative estimate of drug-likeness (QED) is 0.832. The van der Waals surface area contributed by atoms with Crippen LogP contribution in [0.3, 0.4) is 0 Å². The van der Waals surface area contributed by atoms with Gasteiger partial charge in [-0.3, -0.25) is 4.40 Å². The number of alkyl halides is 3. The van der Waals surface area contributed by atoms with Gasteiger partial charge < -0.3 is 5.73 Å². The second kappa shape index (κ2) is 3.01. The molecule has 90 valence electrons. The lowest BCUT2D eigenvalue weighted by Gasteiger charge is -2.15. The highest BCUT2D eigenvalue weighted by atomic mass is 19.4. The summed E-state index contributed by atoms with van der Waals surface area (Å²) in [6, 6.07) is 4.94. The van der Waals surface area contributed by atoms with E-state index in [0.717, 1.165) is 4.40 Å². The van der Waals surface area contributed by atoms with Crippen LogP contribution < -0.4 is 5.73 Å². The first kappa shape index (κ1) is 10.6. The lowest BCUT2D eigenvalue weighted by Crippen LogP contribution is -2.24. The van der Waals surface area contributed by atoms with E-state index in [9.17, 15) is 13.2 Å². The number of aromatic nitrogens is 2. The van der Waals surface area contributed by atoms with Gasteiger partial charge in [-0.1, -0.05) is 6.07 Å². The molecular weight excluding hydrogens is 231 g/mol. The Kier molecular flexibility index (Phi) is 1.87. The molecule has 0 aliphatic heterocycles. The average molecular weight is 241 g/mol. The molecule has 0 unspecified atom stereocenters. The van der Waals surface area contributed by atoms with E-state index in [2.05, 4.69) is 4.98 Å². The van der Waals surface area contributed by atoms with Crippen molar-refractivity contribution in [1.82, 2.24) is 9.38 Å². The second-order valence-electron chi connectivity index (χ2n) is 4.41. The van der Waals surface area contributed by atoms with Crippen LogP contribution in [-0.2, 0) is 11.7 Å². The fourth-order valence-corrected chi connectivity index (χ4v) is 2.03. The van der Waals surface area contributed by atoms with E-state index in [4.69, 9.17) is 5.73 Å². The van der Waals surface area contributed by atoms with Crippen molar-refractivity contribution in [3.8, 4) is 0 Å². The smallest absolute Gasteiger partial charge is 0.320 e. The van der Waals surface area contributed by atoms with Crippen molar-refractivity contribution in [1.29, 1.82) is 0 Å². The third-order valence-corrected chi connectivity index (χ3v) is 3.10. The summed E-state index contributed by atoms with van der Waals surface area (Å²) in [6.07, 6.45) is -1.82. The predicted molar refractivity (Wildman–Crippen MR) is 55.3 cm³/mol. The van der Waals surface area contributed by atoms with Crippen molar-refractivity contribution in [2.24, 2.45) is 5.73 Å². The van der Waals surface area contributed by atoms with E-state index < -0.39 is 17.5 Å². The van der Waals surface area contributed by atoms with Gasteiger partial charge in [-0.2, -0.15) is 13.2 Å². The largest absolute Gasteiger partial charge is 0.450 e. The monoisotopic (exact) mass is 241 g/mol. The molecule has 6 heteroatoms. The van der Waals surface area contributed by atoms with Crippen LogP contribution in [0.5, 0.6) is 0 Å². The molecule has 0 bridgehead atoms. The Labute approximate surface area is 95.1 Å². The van der Waals surface area contributed by atoms with E-state index in [1.54, 1.807) is 18.2 Å². The molecule has 0 atom stereocenters. The van der Waals surface area contributed by atoms with Gasteiger partial charge >= 0.3 is 6.18 Å². The molecule has 0 aromatic carbocycles. The highest BCUT2D eigenvalue weighted by molar-refractivity contribution is 5.49. The van der Waals surface area contributed by atoms with E-state index in [0.29, 0.717) is 24.1 Å². The molecular formula is C11H10F3N3. The lowest BCUT2D eigenvalue weighted by molar-refractivity contribution is -0.145. The van der Waals surface area contributed by atoms with Crippen LogP contribution in [0.25, 0.3) is 5.52 Å². The van der Waals surface area contributed by atoms with Crippen LogP contribution in [0, 0.1) is 0 Å². The number of imidazole rings is 1. The van der Waals surface area contributed by atoms with Gasteiger partial charge in [0.2, 0.25) is 5.82 Å². The van der Waals surface area contributed by atoms with E-state index >= 15 is 0 Å². The first-order chi connectivity index (χ1) is 7.92. The molecule has 2 heterocycles. The maximum absolute atomic E-state index is 12.8. The number of nitrogens with two attached hydrogens (primary N) is 1. The molecule has 1 aliphatic carbocycles. The fourth-order valence-electron chi connectivity index (χ4n) is 2.03. The van der Waals surface area contributed by atoms with Crippen molar-refractivity contribution in [2.45, 2.75) is 24.6 Å². The minimum Gasteiger partial charge on any atom is -0.320 e. The van der Waals surface area contributed by atoms with Crippen molar-refractivity contribution < 1.29 is 13.2 Å². The minimum absolute atomic E-state index is 0.423. The number of halogens is 3. The topological polar surface area (TPSA) is 43.3 Å². The van der Waals surface area contributed by atoms with E-state index in [1.165, 1.54) is 6.20 Å². The zero-order chi connectivity index (χ0) is 12.3. The van der Waals surface area contributed by atoms with Gasteiger partial charge in [0, 0.05) is 5.69 Å². The number of fused-ring (bicyclic) bond motifs is 1. The summed E-state index contributed by atoms with van der Waals surface area (Å²) >= 11 is 0. The molecule has 1 aliphatic rings. The van der Waals surface area contributed by atoms with Crippen molar-refractivity contribution >= 4 is 5.52 Å². The fraction of sp³-hybridized carbons (Fsp3) is 0.364. The Hall–Kier alpha value is -1.56. The summed E-state index contributed by atoms with van der Waals surface area (Å²) in [5.41, 5.74) is 6.27. The maximum Gasteiger partial charge on any atom is 0.450 e.